The van der Waals surface area contributed by atoms with Crippen molar-refractivity contribution in [1.82, 2.24) is 0 Å². The van der Waals surface area contributed by atoms with Crippen molar-refractivity contribution in [2.45, 2.75) is 155 Å². The Hall–Kier alpha value is -0.0205. The molecule has 2 aromatic rings. The number of halogens is 4. The second kappa shape index (κ2) is 31.4. The molecule has 0 saturated carbocycles. The summed E-state index contributed by atoms with van der Waals surface area (Å²) in [5, 5.41) is 0. The molecule has 7 heteroatoms. The zero-order chi connectivity index (χ0) is 30.3. The van der Waals surface area contributed by atoms with E-state index >= 15 is 0 Å². The fourth-order valence-electron chi connectivity index (χ4n) is 4.73. The van der Waals surface area contributed by atoms with Gasteiger partial charge in [-0.3, -0.25) is 0 Å². The molecule has 245 valence electrons. The summed E-state index contributed by atoms with van der Waals surface area (Å²) >= 11 is 0. The first-order chi connectivity index (χ1) is 19.9. The molecule has 0 amide bonds. The first kappa shape index (κ1) is 41.0. The monoisotopic (exact) mass is 699 g/mol. The normalized spacial score (nSPS) is 11.3. The predicted octanol–water partition coefficient (Wildman–Crippen LogP) is 12.5. The summed E-state index contributed by atoms with van der Waals surface area (Å²) in [6.07, 6.45) is 36.9. The molecule has 2 aromatic heterocycles. The van der Waals surface area contributed by atoms with Gasteiger partial charge >= 0.3 is 49.6 Å². The van der Waals surface area contributed by atoms with Gasteiger partial charge in [-0.05, 0) is 12.8 Å². The van der Waals surface area contributed by atoms with Crippen LogP contribution in [-0.2, 0) is 22.3 Å². The fraction of sp³-hybridized carbons (Fsp3) is 0.706. The topological polar surface area (TPSA) is 7.76 Å². The van der Waals surface area contributed by atoms with E-state index in [-0.39, 0.29) is 0 Å². The minimum absolute atomic E-state index is 1.18. The Labute approximate surface area is 273 Å². The molecule has 0 saturated heterocycles. The molecule has 0 N–H and O–H groups in total. The molecule has 41 heavy (non-hydrogen) atoms. The number of hydrogen-bond acceptors (Lipinski definition) is 0. The van der Waals surface area contributed by atoms with Crippen LogP contribution in [0, 0.1) is 0 Å². The number of aromatic nitrogens is 2. The van der Waals surface area contributed by atoms with Crippen LogP contribution in [-0.4, -0.2) is 0 Å². The van der Waals surface area contributed by atoms with E-state index in [0.717, 1.165) is 0 Å². The molecule has 0 bridgehead atoms. The van der Waals surface area contributed by atoms with Gasteiger partial charge in [0.15, 0.2) is 24.8 Å². The summed E-state index contributed by atoms with van der Waals surface area (Å²) in [6.45, 7) is 6.92. The van der Waals surface area contributed by atoms with E-state index in [1.165, 1.54) is 142 Å². The van der Waals surface area contributed by atoms with E-state index in [4.69, 9.17) is 40.4 Å². The molecule has 2 nitrogen and oxygen atoms in total. The van der Waals surface area contributed by atoms with Crippen LogP contribution in [0.5, 0.6) is 0 Å². The first-order valence-electron chi connectivity index (χ1n) is 16.2. The summed E-state index contributed by atoms with van der Waals surface area (Å²) < 4.78 is 4.56. The maximum absolute atomic E-state index is 4.90. The minimum atomic E-state index is -2.24. The van der Waals surface area contributed by atoms with Crippen molar-refractivity contribution >= 4 is 40.4 Å². The molecular weight excluding hydrogens is 642 g/mol. The third-order valence-corrected chi connectivity index (χ3v) is 7.09. The van der Waals surface area contributed by atoms with Crippen molar-refractivity contribution in [2.75, 3.05) is 0 Å². The summed E-state index contributed by atoms with van der Waals surface area (Å²) in [5.74, 6) is 0. The fourth-order valence-corrected chi connectivity index (χ4v) is 4.73. The van der Waals surface area contributed by atoms with Crippen LogP contribution in [0.4, 0.5) is 0 Å². The van der Waals surface area contributed by atoms with Crippen molar-refractivity contribution in [3.05, 3.63) is 61.2 Å². The van der Waals surface area contributed by atoms with Crippen LogP contribution in [0.15, 0.2) is 61.2 Å². The van der Waals surface area contributed by atoms with Crippen LogP contribution in [0.25, 0.3) is 0 Å². The molecule has 0 atom stereocenters. The molecule has 0 unspecified atom stereocenters. The second-order valence-electron chi connectivity index (χ2n) is 10.8. The standard InChI is InChI=1S/2C17H30N.4ClH.Cu/c2*1-2-3-4-5-6-7-8-9-10-12-15-18-16-13-11-14-17-18;;;;;/h2*11,13-14,16-17H,2-10,12,15H2,1H3;4*1H;/q2*+1;;;;;+2/p-4. The van der Waals surface area contributed by atoms with E-state index in [9.17, 15) is 0 Å². The van der Waals surface area contributed by atoms with E-state index in [0.29, 0.717) is 0 Å². The van der Waals surface area contributed by atoms with Gasteiger partial charge in [0.25, 0.3) is 0 Å². The van der Waals surface area contributed by atoms with Crippen LogP contribution in [0.2, 0.25) is 0 Å². The average molecular weight is 702 g/mol. The van der Waals surface area contributed by atoms with Gasteiger partial charge in [-0.15, -0.1) is 0 Å². The van der Waals surface area contributed by atoms with Gasteiger partial charge in [-0.1, -0.05) is 129 Å². The quantitative estimate of drug-likeness (QED) is 0.0656. The van der Waals surface area contributed by atoms with Crippen molar-refractivity contribution in [1.29, 1.82) is 0 Å². The number of nitrogens with zero attached hydrogens (tertiary/aromatic N) is 2. The van der Waals surface area contributed by atoms with Gasteiger partial charge < -0.3 is 0 Å². The second-order valence-corrected chi connectivity index (χ2v) is 20.2. The Morgan fingerprint density at radius 1 is 0.366 bits per heavy atom. The van der Waals surface area contributed by atoms with Gasteiger partial charge in [0.2, 0.25) is 0 Å². The molecule has 0 aromatic carbocycles. The Kier molecular flexibility index (Phi) is 31.4. The number of hydrogen-bond donors (Lipinski definition) is 0. The van der Waals surface area contributed by atoms with Gasteiger partial charge in [-0.25, -0.2) is 9.13 Å². The van der Waals surface area contributed by atoms with E-state index in [2.05, 4.69) is 84.2 Å². The SMILES string of the molecule is CCCCCCCCCCCC[n+]1ccccc1.CCCCCCCCCCCC[n+]1ccccc1.[Cl][Cu-2]([Cl])([Cl])[Cl]. The molecule has 0 aliphatic carbocycles. The summed E-state index contributed by atoms with van der Waals surface area (Å²) in [5.41, 5.74) is 0. The number of pyridine rings is 2. The molecule has 2 rings (SSSR count). The molecule has 0 aliphatic heterocycles. The summed E-state index contributed by atoms with van der Waals surface area (Å²) in [6, 6.07) is 12.6. The Morgan fingerprint density at radius 3 is 0.829 bits per heavy atom. The van der Waals surface area contributed by atoms with Gasteiger partial charge in [0, 0.05) is 37.1 Å². The molecule has 0 radical (unpaired) electrons. The summed E-state index contributed by atoms with van der Waals surface area (Å²) in [4.78, 5) is 0. The third kappa shape index (κ3) is 36.1. The Balaban J connectivity index is 0.000000671. The van der Waals surface area contributed by atoms with Gasteiger partial charge in [0.05, 0.1) is 0 Å². The van der Waals surface area contributed by atoms with Crippen LogP contribution < -0.4 is 9.13 Å². The van der Waals surface area contributed by atoms with E-state index < -0.39 is 9.20 Å². The molecule has 0 aliphatic rings. The van der Waals surface area contributed by atoms with Crippen LogP contribution >= 0.6 is 40.4 Å². The molecule has 0 spiro atoms. The number of rotatable bonds is 22. The van der Waals surface area contributed by atoms with Crippen LogP contribution in [0.1, 0.15) is 142 Å². The third-order valence-electron chi connectivity index (χ3n) is 7.09. The average Bonchev–Trinajstić information content (AvgIpc) is 2.96. The Bertz CT molecular complexity index is 695. The van der Waals surface area contributed by atoms with Gasteiger partial charge in [0.1, 0.15) is 13.1 Å². The zero-order valence-corrected chi connectivity index (χ0v) is 30.0. The van der Waals surface area contributed by atoms with Crippen molar-refractivity contribution < 1.29 is 18.3 Å². The Morgan fingerprint density at radius 2 is 0.585 bits per heavy atom. The van der Waals surface area contributed by atoms with E-state index in [1.54, 1.807) is 0 Å². The van der Waals surface area contributed by atoms with Crippen molar-refractivity contribution in [3.63, 3.8) is 0 Å². The molecular formula is C34H60Cl4CuN2. The number of aryl methyl sites for hydroxylation is 2. The molecule has 2 heterocycles. The summed E-state index contributed by atoms with van der Waals surface area (Å²) in [7, 11) is 17.4. The van der Waals surface area contributed by atoms with Gasteiger partial charge in [-0.2, -0.15) is 0 Å². The van der Waals surface area contributed by atoms with Crippen LogP contribution in [0.3, 0.4) is 0 Å². The maximum atomic E-state index is 4.90. The number of unbranched alkanes of at least 4 members (excludes halogenated alkanes) is 18. The van der Waals surface area contributed by atoms with E-state index in [1.807, 2.05) is 0 Å². The van der Waals surface area contributed by atoms with Crippen molar-refractivity contribution in [2.24, 2.45) is 0 Å². The predicted molar refractivity (Wildman–Crippen MR) is 180 cm³/mol. The zero-order valence-electron chi connectivity index (χ0n) is 26.0. The molecule has 0 fully saturated rings. The first-order valence-corrected chi connectivity index (χ1v) is 21.4. The van der Waals surface area contributed by atoms with Crippen molar-refractivity contribution in [3.8, 4) is 0 Å².